The Hall–Kier alpha value is -1.79. The summed E-state index contributed by atoms with van der Waals surface area (Å²) in [5, 5.41) is 2.74. The van der Waals surface area contributed by atoms with Crippen LogP contribution in [0.3, 0.4) is 0 Å². The van der Waals surface area contributed by atoms with Gasteiger partial charge in [0.15, 0.2) is 0 Å². The quantitative estimate of drug-likeness (QED) is 0.568. The van der Waals surface area contributed by atoms with Crippen molar-refractivity contribution in [1.82, 2.24) is 5.32 Å². The normalized spacial score (nSPS) is 8.93. The molecule has 1 amide bonds. The van der Waals surface area contributed by atoms with Crippen LogP contribution in [0.5, 0.6) is 0 Å². The van der Waals surface area contributed by atoms with E-state index >= 15 is 0 Å². The molecular formula is C12H13NO. The molecule has 1 aromatic rings. The maximum absolute atomic E-state index is 11.1. The van der Waals surface area contributed by atoms with Crippen LogP contribution in [-0.2, 0) is 11.3 Å². The predicted molar refractivity (Wildman–Crippen MR) is 56.7 cm³/mol. The molecule has 0 aliphatic carbocycles. The zero-order chi connectivity index (χ0) is 10.4. The van der Waals surface area contributed by atoms with Crippen LogP contribution >= 0.6 is 0 Å². The van der Waals surface area contributed by atoms with E-state index in [0.29, 0.717) is 6.54 Å². The minimum Gasteiger partial charge on any atom is -0.348 e. The van der Waals surface area contributed by atoms with Gasteiger partial charge in [-0.3, -0.25) is 4.79 Å². The summed E-state index contributed by atoms with van der Waals surface area (Å²) in [7, 11) is 0. The maximum Gasteiger partial charge on any atom is 0.251 e. The number of amides is 1. The highest BCUT2D eigenvalue weighted by Crippen LogP contribution is 2.05. The summed E-state index contributed by atoms with van der Waals surface area (Å²) in [6.07, 6.45) is 1.29. The van der Waals surface area contributed by atoms with Gasteiger partial charge in [0.1, 0.15) is 0 Å². The van der Waals surface area contributed by atoms with E-state index in [4.69, 9.17) is 0 Å². The van der Waals surface area contributed by atoms with Gasteiger partial charge in [-0.25, -0.2) is 0 Å². The van der Waals surface area contributed by atoms with Crippen molar-refractivity contribution in [3.63, 3.8) is 0 Å². The standard InChI is InChI=1S/C12H13NO/c1-3-6-12(14)13-9-11-8-5-4-7-10(11)2/h4-8H,1,9H2,2H3,(H,13,14). The zero-order valence-corrected chi connectivity index (χ0v) is 8.21. The lowest BCUT2D eigenvalue weighted by molar-refractivity contribution is -0.116. The Morgan fingerprint density at radius 2 is 2.29 bits per heavy atom. The SMILES string of the molecule is C=C=CC(=O)NCc1ccccc1C. The third kappa shape index (κ3) is 2.92. The van der Waals surface area contributed by atoms with Crippen molar-refractivity contribution in [2.75, 3.05) is 0 Å². The number of nitrogens with one attached hydrogen (secondary N) is 1. The van der Waals surface area contributed by atoms with Crippen LogP contribution in [0.4, 0.5) is 0 Å². The Balaban J connectivity index is 2.58. The summed E-state index contributed by atoms with van der Waals surface area (Å²) in [5.74, 6) is -0.164. The third-order valence-electron chi connectivity index (χ3n) is 1.95. The Morgan fingerprint density at radius 1 is 1.57 bits per heavy atom. The number of benzene rings is 1. The molecule has 1 rings (SSSR count). The first-order valence-electron chi connectivity index (χ1n) is 4.42. The second-order valence-electron chi connectivity index (χ2n) is 2.99. The average Bonchev–Trinajstić information content (AvgIpc) is 2.17. The molecule has 0 radical (unpaired) electrons. The van der Waals surface area contributed by atoms with Crippen molar-refractivity contribution in [2.24, 2.45) is 0 Å². The fourth-order valence-corrected chi connectivity index (χ4v) is 1.13. The highest BCUT2D eigenvalue weighted by molar-refractivity contribution is 5.87. The van der Waals surface area contributed by atoms with E-state index in [2.05, 4.69) is 17.6 Å². The molecule has 0 saturated heterocycles. The molecule has 14 heavy (non-hydrogen) atoms. The van der Waals surface area contributed by atoms with Crippen LogP contribution in [0.25, 0.3) is 0 Å². The van der Waals surface area contributed by atoms with Gasteiger partial charge in [-0.05, 0) is 18.1 Å². The van der Waals surface area contributed by atoms with Gasteiger partial charge in [0.05, 0.1) is 0 Å². The average molecular weight is 187 g/mol. The van der Waals surface area contributed by atoms with Gasteiger partial charge in [-0.2, -0.15) is 0 Å². The monoisotopic (exact) mass is 187 g/mol. The minimum atomic E-state index is -0.164. The van der Waals surface area contributed by atoms with Crippen molar-refractivity contribution in [3.05, 3.63) is 53.8 Å². The van der Waals surface area contributed by atoms with E-state index in [1.807, 2.05) is 31.2 Å². The largest absolute Gasteiger partial charge is 0.348 e. The molecule has 0 bridgehead atoms. The lowest BCUT2D eigenvalue weighted by Gasteiger charge is -2.05. The van der Waals surface area contributed by atoms with Gasteiger partial charge in [-0.1, -0.05) is 30.8 Å². The van der Waals surface area contributed by atoms with Crippen LogP contribution in [0.15, 0.2) is 42.7 Å². The third-order valence-corrected chi connectivity index (χ3v) is 1.95. The number of hydrogen-bond donors (Lipinski definition) is 1. The maximum atomic E-state index is 11.1. The summed E-state index contributed by atoms with van der Waals surface area (Å²) < 4.78 is 0. The van der Waals surface area contributed by atoms with Crippen LogP contribution in [0.1, 0.15) is 11.1 Å². The molecule has 0 unspecified atom stereocenters. The molecule has 0 fully saturated rings. The Morgan fingerprint density at radius 3 is 2.93 bits per heavy atom. The number of carbonyl (C=O) groups is 1. The molecule has 2 heteroatoms. The minimum absolute atomic E-state index is 0.164. The van der Waals surface area contributed by atoms with Gasteiger partial charge in [0.25, 0.3) is 5.91 Å². The molecule has 72 valence electrons. The topological polar surface area (TPSA) is 29.1 Å². The number of aryl methyl sites for hydroxylation is 1. The smallest absolute Gasteiger partial charge is 0.251 e. The van der Waals surface area contributed by atoms with Crippen molar-refractivity contribution in [3.8, 4) is 0 Å². The molecule has 2 nitrogen and oxygen atoms in total. The fraction of sp³-hybridized carbons (Fsp3) is 0.167. The van der Waals surface area contributed by atoms with Crippen LogP contribution < -0.4 is 5.32 Å². The molecule has 0 spiro atoms. The van der Waals surface area contributed by atoms with E-state index in [1.54, 1.807) is 0 Å². The lowest BCUT2D eigenvalue weighted by Crippen LogP contribution is -2.20. The molecule has 0 aliphatic heterocycles. The number of hydrogen-bond acceptors (Lipinski definition) is 1. The highest BCUT2D eigenvalue weighted by Gasteiger charge is 1.98. The molecule has 0 aliphatic rings. The zero-order valence-electron chi connectivity index (χ0n) is 8.21. The lowest BCUT2D eigenvalue weighted by atomic mass is 10.1. The fourth-order valence-electron chi connectivity index (χ4n) is 1.13. The summed E-state index contributed by atoms with van der Waals surface area (Å²) in [6.45, 7) is 5.90. The number of carbonyl (C=O) groups excluding carboxylic acids is 1. The van der Waals surface area contributed by atoms with E-state index in [1.165, 1.54) is 11.6 Å². The number of rotatable bonds is 3. The Bertz CT molecular complexity index is 376. The van der Waals surface area contributed by atoms with Crippen LogP contribution in [0.2, 0.25) is 0 Å². The summed E-state index contributed by atoms with van der Waals surface area (Å²) in [4.78, 5) is 11.1. The van der Waals surface area contributed by atoms with Crippen LogP contribution in [-0.4, -0.2) is 5.91 Å². The van der Waals surface area contributed by atoms with Crippen molar-refractivity contribution in [2.45, 2.75) is 13.5 Å². The Kier molecular flexibility index (Phi) is 3.71. The first-order valence-corrected chi connectivity index (χ1v) is 4.42. The first kappa shape index (κ1) is 10.3. The predicted octanol–water partition coefficient (Wildman–Crippen LogP) is 1.95. The molecule has 1 N–H and O–H groups in total. The summed E-state index contributed by atoms with van der Waals surface area (Å²) in [6, 6.07) is 7.94. The molecule has 0 saturated carbocycles. The summed E-state index contributed by atoms with van der Waals surface area (Å²) in [5.41, 5.74) is 4.73. The van der Waals surface area contributed by atoms with E-state index in [0.717, 1.165) is 5.56 Å². The molecule has 0 heterocycles. The Labute approximate surface area is 84.0 Å². The first-order chi connectivity index (χ1) is 6.74. The summed E-state index contributed by atoms with van der Waals surface area (Å²) >= 11 is 0. The van der Waals surface area contributed by atoms with Gasteiger partial charge < -0.3 is 5.32 Å². The molecular weight excluding hydrogens is 174 g/mol. The second kappa shape index (κ2) is 5.05. The molecule has 0 atom stereocenters. The van der Waals surface area contributed by atoms with Crippen molar-refractivity contribution >= 4 is 5.91 Å². The van der Waals surface area contributed by atoms with Gasteiger partial charge >= 0.3 is 0 Å². The van der Waals surface area contributed by atoms with Crippen molar-refractivity contribution in [1.29, 1.82) is 0 Å². The highest BCUT2D eigenvalue weighted by atomic mass is 16.1. The van der Waals surface area contributed by atoms with E-state index in [9.17, 15) is 4.79 Å². The molecule has 0 aromatic heterocycles. The van der Waals surface area contributed by atoms with Gasteiger partial charge in [0, 0.05) is 12.6 Å². The van der Waals surface area contributed by atoms with Crippen LogP contribution in [0, 0.1) is 6.92 Å². The van der Waals surface area contributed by atoms with Crippen molar-refractivity contribution < 1.29 is 4.79 Å². The van der Waals surface area contributed by atoms with E-state index < -0.39 is 0 Å². The van der Waals surface area contributed by atoms with E-state index in [-0.39, 0.29) is 5.91 Å². The van der Waals surface area contributed by atoms with Gasteiger partial charge in [0.2, 0.25) is 0 Å². The van der Waals surface area contributed by atoms with Gasteiger partial charge in [-0.15, -0.1) is 5.73 Å². The molecule has 1 aromatic carbocycles. The second-order valence-corrected chi connectivity index (χ2v) is 2.99.